The molecule has 0 aliphatic carbocycles. The van der Waals surface area contributed by atoms with Gasteiger partial charge in [-0.1, -0.05) is 0 Å². The smallest absolute Gasteiger partial charge is 0.325 e. The Hall–Kier alpha value is -2.11. The standard InChI is InChI=1S/C12H14FNO4/c1-3-18-11(15)7-14-12(16)8-4-5-10(17-2)9(13)6-8/h4-6H,3,7H2,1-2H3,(H,14,16). The summed E-state index contributed by atoms with van der Waals surface area (Å²) in [5, 5.41) is 2.33. The number of carbonyl (C=O) groups is 2. The topological polar surface area (TPSA) is 64.6 Å². The maximum atomic E-state index is 13.3. The van der Waals surface area contributed by atoms with Gasteiger partial charge in [0.15, 0.2) is 11.6 Å². The molecule has 18 heavy (non-hydrogen) atoms. The average molecular weight is 255 g/mol. The summed E-state index contributed by atoms with van der Waals surface area (Å²) in [6, 6.07) is 3.79. The third kappa shape index (κ3) is 3.73. The summed E-state index contributed by atoms with van der Waals surface area (Å²) >= 11 is 0. The van der Waals surface area contributed by atoms with Crippen molar-refractivity contribution in [2.45, 2.75) is 6.92 Å². The van der Waals surface area contributed by atoms with Gasteiger partial charge < -0.3 is 14.8 Å². The van der Waals surface area contributed by atoms with Crippen molar-refractivity contribution >= 4 is 11.9 Å². The molecule has 0 heterocycles. The van der Waals surface area contributed by atoms with E-state index in [0.717, 1.165) is 6.07 Å². The van der Waals surface area contributed by atoms with Crippen molar-refractivity contribution < 1.29 is 23.5 Å². The minimum Gasteiger partial charge on any atom is -0.494 e. The lowest BCUT2D eigenvalue weighted by Gasteiger charge is -2.06. The Morgan fingerprint density at radius 1 is 1.39 bits per heavy atom. The molecule has 1 aromatic rings. The zero-order valence-corrected chi connectivity index (χ0v) is 10.2. The molecule has 0 unspecified atom stereocenters. The first kappa shape index (κ1) is 14.0. The number of hydrogen-bond acceptors (Lipinski definition) is 4. The fourth-order valence-electron chi connectivity index (χ4n) is 1.27. The summed E-state index contributed by atoms with van der Waals surface area (Å²) in [6.45, 7) is 1.66. The number of halogens is 1. The quantitative estimate of drug-likeness (QED) is 0.801. The number of amides is 1. The van der Waals surface area contributed by atoms with Gasteiger partial charge in [0.25, 0.3) is 5.91 Å². The van der Waals surface area contributed by atoms with Crippen molar-refractivity contribution in [3.05, 3.63) is 29.6 Å². The SMILES string of the molecule is CCOC(=O)CNC(=O)c1ccc(OC)c(F)c1. The number of ether oxygens (including phenoxy) is 2. The number of hydrogen-bond donors (Lipinski definition) is 1. The van der Waals surface area contributed by atoms with Crippen molar-refractivity contribution in [1.29, 1.82) is 0 Å². The summed E-state index contributed by atoms with van der Waals surface area (Å²) in [5.74, 6) is -1.68. The van der Waals surface area contributed by atoms with Crippen LogP contribution < -0.4 is 10.1 Å². The second-order valence-electron chi connectivity index (χ2n) is 3.34. The van der Waals surface area contributed by atoms with Crippen LogP contribution in [0.5, 0.6) is 5.75 Å². The zero-order valence-electron chi connectivity index (χ0n) is 10.2. The number of benzene rings is 1. The fraction of sp³-hybridized carbons (Fsp3) is 0.333. The molecule has 1 rings (SSSR count). The third-order valence-electron chi connectivity index (χ3n) is 2.11. The summed E-state index contributed by atoms with van der Waals surface area (Å²) in [5.41, 5.74) is 0.109. The lowest BCUT2D eigenvalue weighted by atomic mass is 10.2. The van der Waals surface area contributed by atoms with Crippen molar-refractivity contribution in [3.63, 3.8) is 0 Å². The molecular formula is C12H14FNO4. The molecule has 0 aliphatic heterocycles. The van der Waals surface area contributed by atoms with Crippen LogP contribution in [0.4, 0.5) is 4.39 Å². The number of rotatable bonds is 5. The minimum atomic E-state index is -0.638. The molecule has 0 atom stereocenters. The maximum absolute atomic E-state index is 13.3. The van der Waals surface area contributed by atoms with E-state index in [2.05, 4.69) is 10.1 Å². The molecule has 98 valence electrons. The number of methoxy groups -OCH3 is 1. The van der Waals surface area contributed by atoms with Crippen molar-refractivity contribution in [1.82, 2.24) is 5.32 Å². The Labute approximate surface area is 104 Å². The Balaban J connectivity index is 2.62. The van der Waals surface area contributed by atoms with E-state index in [0.29, 0.717) is 0 Å². The fourth-order valence-corrected chi connectivity index (χ4v) is 1.27. The predicted octanol–water partition coefficient (Wildman–Crippen LogP) is 1.13. The number of esters is 1. The van der Waals surface area contributed by atoms with Gasteiger partial charge in [-0.25, -0.2) is 4.39 Å². The van der Waals surface area contributed by atoms with E-state index in [1.54, 1.807) is 6.92 Å². The van der Waals surface area contributed by atoms with Crippen molar-refractivity contribution in [2.24, 2.45) is 0 Å². The minimum absolute atomic E-state index is 0.0527. The molecule has 0 saturated heterocycles. The van der Waals surface area contributed by atoms with Crippen molar-refractivity contribution in [3.8, 4) is 5.75 Å². The van der Waals surface area contributed by atoms with Gasteiger partial charge in [0.1, 0.15) is 6.54 Å². The van der Waals surface area contributed by atoms with Gasteiger partial charge in [0.2, 0.25) is 0 Å². The first-order valence-corrected chi connectivity index (χ1v) is 5.35. The van der Waals surface area contributed by atoms with Crippen LogP contribution in [0.25, 0.3) is 0 Å². The third-order valence-corrected chi connectivity index (χ3v) is 2.11. The van der Waals surface area contributed by atoms with Gasteiger partial charge in [0.05, 0.1) is 13.7 Å². The van der Waals surface area contributed by atoms with E-state index >= 15 is 0 Å². The van der Waals surface area contributed by atoms with Gasteiger partial charge in [-0.2, -0.15) is 0 Å². The molecule has 5 nitrogen and oxygen atoms in total. The maximum Gasteiger partial charge on any atom is 0.325 e. The summed E-state index contributed by atoms with van der Waals surface area (Å²) in [6.07, 6.45) is 0. The van der Waals surface area contributed by atoms with Crippen LogP contribution in [-0.4, -0.2) is 32.1 Å². The van der Waals surface area contributed by atoms with Crippen LogP contribution in [0.2, 0.25) is 0 Å². The monoisotopic (exact) mass is 255 g/mol. The molecule has 0 bridgehead atoms. The first-order valence-electron chi connectivity index (χ1n) is 5.35. The summed E-state index contributed by atoms with van der Waals surface area (Å²) < 4.78 is 22.7. The molecule has 0 aliphatic rings. The largest absolute Gasteiger partial charge is 0.494 e. The molecule has 1 aromatic carbocycles. The highest BCUT2D eigenvalue weighted by Gasteiger charge is 2.11. The number of carbonyl (C=O) groups excluding carboxylic acids is 2. The molecule has 0 aromatic heterocycles. The summed E-state index contributed by atoms with van der Waals surface area (Å²) in [7, 11) is 1.33. The van der Waals surface area contributed by atoms with Gasteiger partial charge >= 0.3 is 5.97 Å². The Kier molecular flexibility index (Phi) is 5.10. The Bertz CT molecular complexity index is 448. The molecule has 0 saturated carbocycles. The highest BCUT2D eigenvalue weighted by Crippen LogP contribution is 2.17. The van der Waals surface area contributed by atoms with Crippen LogP contribution in [0.1, 0.15) is 17.3 Å². The molecule has 0 radical (unpaired) electrons. The molecular weight excluding hydrogens is 241 g/mol. The highest BCUT2D eigenvalue weighted by atomic mass is 19.1. The zero-order chi connectivity index (χ0) is 13.5. The van der Waals surface area contributed by atoms with Gasteiger partial charge in [-0.15, -0.1) is 0 Å². The van der Waals surface area contributed by atoms with Gasteiger partial charge in [0, 0.05) is 5.56 Å². The van der Waals surface area contributed by atoms with Crippen LogP contribution in [0, 0.1) is 5.82 Å². The molecule has 6 heteroatoms. The average Bonchev–Trinajstić information content (AvgIpc) is 2.36. The number of nitrogens with one attached hydrogen (secondary N) is 1. The van der Waals surface area contributed by atoms with E-state index in [-0.39, 0.29) is 24.5 Å². The van der Waals surface area contributed by atoms with E-state index in [1.807, 2.05) is 0 Å². The van der Waals surface area contributed by atoms with E-state index in [9.17, 15) is 14.0 Å². The van der Waals surface area contributed by atoms with Gasteiger partial charge in [-0.05, 0) is 25.1 Å². The molecule has 1 amide bonds. The summed E-state index contributed by atoms with van der Waals surface area (Å²) in [4.78, 5) is 22.6. The highest BCUT2D eigenvalue weighted by molar-refractivity contribution is 5.96. The van der Waals surface area contributed by atoms with E-state index in [1.165, 1.54) is 19.2 Å². The first-order chi connectivity index (χ1) is 8.58. The van der Waals surface area contributed by atoms with Crippen LogP contribution in [0.15, 0.2) is 18.2 Å². The Morgan fingerprint density at radius 2 is 2.11 bits per heavy atom. The Morgan fingerprint density at radius 3 is 2.67 bits per heavy atom. The van der Waals surface area contributed by atoms with Crippen LogP contribution in [-0.2, 0) is 9.53 Å². The molecule has 0 fully saturated rings. The molecule has 0 spiro atoms. The predicted molar refractivity (Wildman–Crippen MR) is 61.9 cm³/mol. The normalized spacial score (nSPS) is 9.72. The van der Waals surface area contributed by atoms with E-state index < -0.39 is 17.7 Å². The lowest BCUT2D eigenvalue weighted by Crippen LogP contribution is -2.30. The van der Waals surface area contributed by atoms with E-state index in [4.69, 9.17) is 4.74 Å². The second kappa shape index (κ2) is 6.58. The van der Waals surface area contributed by atoms with Crippen LogP contribution in [0.3, 0.4) is 0 Å². The lowest BCUT2D eigenvalue weighted by molar-refractivity contribution is -0.141. The second-order valence-corrected chi connectivity index (χ2v) is 3.34. The van der Waals surface area contributed by atoms with Gasteiger partial charge in [-0.3, -0.25) is 9.59 Å². The van der Waals surface area contributed by atoms with Crippen molar-refractivity contribution in [2.75, 3.05) is 20.3 Å². The molecule has 1 N–H and O–H groups in total. The van der Waals surface area contributed by atoms with Crippen LogP contribution >= 0.6 is 0 Å².